The van der Waals surface area contributed by atoms with E-state index in [1.807, 2.05) is 6.07 Å². The van der Waals surface area contributed by atoms with E-state index in [0.29, 0.717) is 23.1 Å². The van der Waals surface area contributed by atoms with E-state index in [4.69, 9.17) is 16.3 Å². The van der Waals surface area contributed by atoms with Gasteiger partial charge in [0.15, 0.2) is 5.82 Å². The first-order valence-corrected chi connectivity index (χ1v) is 7.65. The highest BCUT2D eigenvalue weighted by atomic mass is 35.5. The standard InChI is InChI=1S/C16H18ClN3O2/c1-22-14-5-4-11(17)9-13(14)16-18-7-6-15(19-16)20-8-2-3-12(21)10-20/h4-7,9,12,21H,2-3,8,10H2,1H3. The van der Waals surface area contributed by atoms with Crippen molar-refractivity contribution in [3.63, 3.8) is 0 Å². The number of benzene rings is 1. The van der Waals surface area contributed by atoms with Crippen LogP contribution in [-0.2, 0) is 0 Å². The van der Waals surface area contributed by atoms with Crippen LogP contribution in [0.25, 0.3) is 11.4 Å². The molecule has 1 fully saturated rings. The summed E-state index contributed by atoms with van der Waals surface area (Å²) in [5.74, 6) is 2.06. The minimum atomic E-state index is -0.298. The number of aliphatic hydroxyl groups excluding tert-OH is 1. The van der Waals surface area contributed by atoms with Crippen molar-refractivity contribution in [2.75, 3.05) is 25.1 Å². The third kappa shape index (κ3) is 3.15. The topological polar surface area (TPSA) is 58.5 Å². The number of methoxy groups -OCH3 is 1. The molecule has 0 aliphatic carbocycles. The molecule has 5 nitrogen and oxygen atoms in total. The molecule has 0 bridgehead atoms. The highest BCUT2D eigenvalue weighted by Crippen LogP contribution is 2.31. The zero-order chi connectivity index (χ0) is 15.5. The van der Waals surface area contributed by atoms with Crippen molar-refractivity contribution in [3.8, 4) is 17.1 Å². The molecule has 3 rings (SSSR count). The third-order valence-corrected chi connectivity index (χ3v) is 4.00. The minimum absolute atomic E-state index is 0.298. The van der Waals surface area contributed by atoms with Crippen LogP contribution >= 0.6 is 11.6 Å². The Morgan fingerprint density at radius 2 is 2.23 bits per heavy atom. The molecule has 6 heteroatoms. The first-order valence-electron chi connectivity index (χ1n) is 7.27. The number of piperidine rings is 1. The van der Waals surface area contributed by atoms with Gasteiger partial charge >= 0.3 is 0 Å². The summed E-state index contributed by atoms with van der Waals surface area (Å²) in [5, 5.41) is 10.4. The fourth-order valence-corrected chi connectivity index (χ4v) is 2.84. The number of hydrogen-bond acceptors (Lipinski definition) is 5. The normalized spacial score (nSPS) is 18.3. The molecule has 1 aromatic heterocycles. The number of aliphatic hydroxyl groups is 1. The van der Waals surface area contributed by atoms with Crippen molar-refractivity contribution >= 4 is 17.4 Å². The Kier molecular flexibility index (Phi) is 4.45. The van der Waals surface area contributed by atoms with Crippen LogP contribution in [0, 0.1) is 0 Å². The summed E-state index contributed by atoms with van der Waals surface area (Å²) in [6.45, 7) is 1.49. The maximum absolute atomic E-state index is 9.82. The summed E-state index contributed by atoms with van der Waals surface area (Å²) in [5.41, 5.74) is 0.759. The molecule has 0 amide bonds. The molecule has 0 spiro atoms. The van der Waals surface area contributed by atoms with Crippen molar-refractivity contribution in [2.45, 2.75) is 18.9 Å². The fourth-order valence-electron chi connectivity index (χ4n) is 2.67. The second-order valence-corrected chi connectivity index (χ2v) is 5.76. The average Bonchev–Trinajstić information content (AvgIpc) is 2.55. The number of aromatic nitrogens is 2. The van der Waals surface area contributed by atoms with Gasteiger partial charge in [0.1, 0.15) is 11.6 Å². The van der Waals surface area contributed by atoms with Crippen molar-refractivity contribution in [3.05, 3.63) is 35.5 Å². The van der Waals surface area contributed by atoms with Crippen LogP contribution in [0.4, 0.5) is 5.82 Å². The summed E-state index contributed by atoms with van der Waals surface area (Å²) in [6, 6.07) is 7.23. The maximum atomic E-state index is 9.82. The summed E-state index contributed by atoms with van der Waals surface area (Å²) in [7, 11) is 1.61. The van der Waals surface area contributed by atoms with Crippen LogP contribution in [0.15, 0.2) is 30.5 Å². The Balaban J connectivity index is 1.96. The zero-order valence-electron chi connectivity index (χ0n) is 12.4. The molecule has 0 radical (unpaired) electrons. The van der Waals surface area contributed by atoms with Gasteiger partial charge in [-0.1, -0.05) is 11.6 Å². The Morgan fingerprint density at radius 3 is 3.00 bits per heavy atom. The highest BCUT2D eigenvalue weighted by molar-refractivity contribution is 6.30. The van der Waals surface area contributed by atoms with Gasteiger partial charge in [-0.2, -0.15) is 0 Å². The molecule has 2 aromatic rings. The van der Waals surface area contributed by atoms with E-state index < -0.39 is 0 Å². The summed E-state index contributed by atoms with van der Waals surface area (Å²) in [4.78, 5) is 11.0. The van der Waals surface area contributed by atoms with Gasteiger partial charge in [-0.3, -0.25) is 0 Å². The van der Waals surface area contributed by atoms with Crippen molar-refractivity contribution in [1.29, 1.82) is 0 Å². The predicted molar refractivity (Wildman–Crippen MR) is 86.5 cm³/mol. The molecule has 1 aliphatic rings. The quantitative estimate of drug-likeness (QED) is 0.942. The first kappa shape index (κ1) is 15.1. The lowest BCUT2D eigenvalue weighted by Crippen LogP contribution is -2.38. The summed E-state index contributed by atoms with van der Waals surface area (Å²) < 4.78 is 5.36. The number of anilines is 1. The van der Waals surface area contributed by atoms with Crippen molar-refractivity contribution < 1.29 is 9.84 Å². The number of nitrogens with zero attached hydrogens (tertiary/aromatic N) is 3. The second-order valence-electron chi connectivity index (χ2n) is 5.33. The van der Waals surface area contributed by atoms with Crippen LogP contribution in [0.1, 0.15) is 12.8 Å². The molecule has 1 N–H and O–H groups in total. The smallest absolute Gasteiger partial charge is 0.165 e. The van der Waals surface area contributed by atoms with Gasteiger partial charge in [0, 0.05) is 24.3 Å². The lowest BCUT2D eigenvalue weighted by Gasteiger charge is -2.31. The van der Waals surface area contributed by atoms with Crippen LogP contribution in [-0.4, -0.2) is 41.4 Å². The molecule has 1 atom stereocenters. The minimum Gasteiger partial charge on any atom is -0.496 e. The first-order chi connectivity index (χ1) is 10.7. The van der Waals surface area contributed by atoms with E-state index in [1.165, 1.54) is 0 Å². The Bertz CT molecular complexity index is 666. The molecule has 116 valence electrons. The van der Waals surface area contributed by atoms with E-state index >= 15 is 0 Å². The molecule has 0 saturated carbocycles. The van der Waals surface area contributed by atoms with E-state index in [2.05, 4.69) is 14.9 Å². The number of halogens is 1. The third-order valence-electron chi connectivity index (χ3n) is 3.76. The molecular formula is C16H18ClN3O2. The zero-order valence-corrected chi connectivity index (χ0v) is 13.1. The number of β-amino-alcohol motifs (C(OH)–C–C–N with tert-alkyl or cyclic N) is 1. The molecule has 1 saturated heterocycles. The van der Waals surface area contributed by atoms with Crippen LogP contribution < -0.4 is 9.64 Å². The van der Waals surface area contributed by atoms with E-state index in [0.717, 1.165) is 30.8 Å². The van der Waals surface area contributed by atoms with Gasteiger partial charge in [0.2, 0.25) is 0 Å². The number of hydrogen-bond donors (Lipinski definition) is 1. The average molecular weight is 320 g/mol. The lowest BCUT2D eigenvalue weighted by atomic mass is 10.1. The molecule has 1 unspecified atom stereocenters. The number of ether oxygens (including phenoxy) is 1. The van der Waals surface area contributed by atoms with Gasteiger partial charge in [0.25, 0.3) is 0 Å². The van der Waals surface area contributed by atoms with Crippen LogP contribution in [0.3, 0.4) is 0 Å². The van der Waals surface area contributed by atoms with Gasteiger partial charge in [0.05, 0.1) is 18.8 Å². The number of rotatable bonds is 3. The Labute approximate surface area is 134 Å². The molecule has 1 aromatic carbocycles. The van der Waals surface area contributed by atoms with Gasteiger partial charge in [-0.15, -0.1) is 0 Å². The van der Waals surface area contributed by atoms with E-state index in [9.17, 15) is 5.11 Å². The summed E-state index contributed by atoms with van der Waals surface area (Å²) in [6.07, 6.45) is 3.23. The fraction of sp³-hybridized carbons (Fsp3) is 0.375. The van der Waals surface area contributed by atoms with Gasteiger partial charge in [-0.05, 0) is 37.1 Å². The van der Waals surface area contributed by atoms with Crippen molar-refractivity contribution in [1.82, 2.24) is 9.97 Å². The van der Waals surface area contributed by atoms with E-state index in [-0.39, 0.29) is 6.10 Å². The second kappa shape index (κ2) is 6.50. The molecular weight excluding hydrogens is 302 g/mol. The highest BCUT2D eigenvalue weighted by Gasteiger charge is 2.20. The molecule has 22 heavy (non-hydrogen) atoms. The SMILES string of the molecule is COc1ccc(Cl)cc1-c1nccc(N2CCCC(O)C2)n1. The monoisotopic (exact) mass is 319 g/mol. The molecule has 2 heterocycles. The largest absolute Gasteiger partial charge is 0.496 e. The molecule has 1 aliphatic heterocycles. The van der Waals surface area contributed by atoms with Gasteiger partial charge < -0.3 is 14.7 Å². The van der Waals surface area contributed by atoms with Crippen molar-refractivity contribution in [2.24, 2.45) is 0 Å². The predicted octanol–water partition coefficient (Wildman–Crippen LogP) is 2.77. The van der Waals surface area contributed by atoms with Crippen LogP contribution in [0.5, 0.6) is 5.75 Å². The Hall–Kier alpha value is -1.85. The maximum Gasteiger partial charge on any atom is 0.165 e. The van der Waals surface area contributed by atoms with Crippen LogP contribution in [0.2, 0.25) is 5.02 Å². The van der Waals surface area contributed by atoms with Gasteiger partial charge in [-0.25, -0.2) is 9.97 Å². The Morgan fingerprint density at radius 1 is 1.36 bits per heavy atom. The van der Waals surface area contributed by atoms with E-state index in [1.54, 1.807) is 31.5 Å². The summed E-state index contributed by atoms with van der Waals surface area (Å²) >= 11 is 6.08. The lowest BCUT2D eigenvalue weighted by molar-refractivity contribution is 0.154.